The van der Waals surface area contributed by atoms with Gasteiger partial charge in [0.05, 0.1) is 18.2 Å². The first-order valence-electron chi connectivity index (χ1n) is 3.76. The minimum absolute atomic E-state index is 0.0934. The quantitative estimate of drug-likeness (QED) is 0.685. The molecule has 0 aliphatic carbocycles. The van der Waals surface area contributed by atoms with E-state index in [4.69, 9.17) is 15.4 Å². The van der Waals surface area contributed by atoms with Crippen LogP contribution in [0, 0.1) is 0 Å². The second kappa shape index (κ2) is 3.49. The molecule has 0 saturated carbocycles. The summed E-state index contributed by atoms with van der Waals surface area (Å²) < 4.78 is 28.9. The van der Waals surface area contributed by atoms with Gasteiger partial charge in [0.1, 0.15) is 0 Å². The molecule has 0 aromatic carbocycles. The van der Waals surface area contributed by atoms with E-state index >= 15 is 0 Å². The third-order valence-electron chi connectivity index (χ3n) is 1.89. The van der Waals surface area contributed by atoms with Crippen LogP contribution in [-0.4, -0.2) is 26.7 Å². The van der Waals surface area contributed by atoms with Gasteiger partial charge in [-0.2, -0.15) is 13.1 Å². The molecule has 1 rings (SSSR count). The molecule has 0 aromatic rings. The second-order valence-corrected chi connectivity index (χ2v) is 5.38. The fourth-order valence-electron chi connectivity index (χ4n) is 1.39. The van der Waals surface area contributed by atoms with Gasteiger partial charge in [0.15, 0.2) is 0 Å². The van der Waals surface area contributed by atoms with E-state index in [9.17, 15) is 8.42 Å². The Morgan fingerprint density at radius 3 is 2.42 bits per heavy atom. The maximum Gasteiger partial charge on any atom is 0.297 e. The number of hydrogen-bond donors (Lipinski definition) is 1. The summed E-state index contributed by atoms with van der Waals surface area (Å²) in [5.41, 5.74) is 0. The highest BCUT2D eigenvalue weighted by molar-refractivity contribution is 8.12. The Kier molecular flexibility index (Phi) is 2.98. The first kappa shape index (κ1) is 10.2. The van der Waals surface area contributed by atoms with Gasteiger partial charge >= 0.3 is 0 Å². The van der Waals surface area contributed by atoms with Crippen LogP contribution < -0.4 is 4.72 Å². The smallest absolute Gasteiger partial charge is 0.297 e. The molecule has 12 heavy (non-hydrogen) atoms. The summed E-state index contributed by atoms with van der Waals surface area (Å²) in [4.78, 5) is 0. The summed E-state index contributed by atoms with van der Waals surface area (Å²) >= 11 is 0. The van der Waals surface area contributed by atoms with Crippen molar-refractivity contribution in [1.29, 1.82) is 0 Å². The number of hydrogen-bond acceptors (Lipinski definition) is 3. The van der Waals surface area contributed by atoms with Crippen molar-refractivity contribution in [2.75, 3.05) is 0 Å². The van der Waals surface area contributed by atoms with E-state index in [0.29, 0.717) is 6.42 Å². The molecule has 6 heteroatoms. The molecule has 3 unspecified atom stereocenters. The molecule has 0 aromatic heterocycles. The maximum atomic E-state index is 10.6. The van der Waals surface area contributed by atoms with Gasteiger partial charge in [-0.15, -0.1) is 0 Å². The lowest BCUT2D eigenvalue weighted by Crippen LogP contribution is -2.36. The van der Waals surface area contributed by atoms with Gasteiger partial charge in [-0.3, -0.25) is 0 Å². The van der Waals surface area contributed by atoms with Gasteiger partial charge in [-0.25, -0.2) is 0 Å². The molecule has 0 spiro atoms. The third kappa shape index (κ3) is 2.90. The van der Waals surface area contributed by atoms with Crippen molar-refractivity contribution < 1.29 is 13.2 Å². The molecular formula is C6H12ClNO3S. The van der Waals surface area contributed by atoms with E-state index in [1.807, 2.05) is 13.8 Å². The zero-order valence-corrected chi connectivity index (χ0v) is 8.52. The summed E-state index contributed by atoms with van der Waals surface area (Å²) in [6.45, 7) is 3.72. The first-order chi connectivity index (χ1) is 5.38. The van der Waals surface area contributed by atoms with Crippen LogP contribution in [0.15, 0.2) is 0 Å². The SMILES string of the molecule is CC1CC(NS(=O)(=O)Cl)C(C)O1. The molecule has 1 aliphatic heterocycles. The van der Waals surface area contributed by atoms with E-state index in [1.165, 1.54) is 0 Å². The van der Waals surface area contributed by atoms with Crippen LogP contribution in [0.2, 0.25) is 0 Å². The van der Waals surface area contributed by atoms with Crippen LogP contribution in [0.3, 0.4) is 0 Å². The summed E-state index contributed by atoms with van der Waals surface area (Å²) in [6, 6.07) is -0.192. The fourth-order valence-corrected chi connectivity index (χ4v) is 2.38. The summed E-state index contributed by atoms with van der Waals surface area (Å²) in [7, 11) is 1.41. The highest BCUT2D eigenvalue weighted by Gasteiger charge is 2.31. The number of nitrogens with one attached hydrogen (secondary N) is 1. The highest BCUT2D eigenvalue weighted by atomic mass is 35.7. The van der Waals surface area contributed by atoms with Crippen LogP contribution >= 0.6 is 10.7 Å². The Hall–Kier alpha value is 0.160. The molecule has 1 heterocycles. The van der Waals surface area contributed by atoms with Crippen LogP contribution in [0.25, 0.3) is 0 Å². The van der Waals surface area contributed by atoms with Crippen molar-refractivity contribution >= 4 is 19.9 Å². The predicted molar refractivity (Wildman–Crippen MR) is 46.3 cm³/mol. The zero-order valence-electron chi connectivity index (χ0n) is 6.95. The van der Waals surface area contributed by atoms with E-state index in [-0.39, 0.29) is 18.2 Å². The average Bonchev–Trinajstić information content (AvgIpc) is 2.06. The van der Waals surface area contributed by atoms with Crippen molar-refractivity contribution in [1.82, 2.24) is 4.72 Å². The molecule has 0 radical (unpaired) electrons. The monoisotopic (exact) mass is 213 g/mol. The fraction of sp³-hybridized carbons (Fsp3) is 1.00. The maximum absolute atomic E-state index is 10.6. The van der Waals surface area contributed by atoms with Gasteiger partial charge in [-0.05, 0) is 20.3 Å². The Balaban J connectivity index is 2.55. The third-order valence-corrected chi connectivity index (χ3v) is 2.74. The van der Waals surface area contributed by atoms with E-state index in [0.717, 1.165) is 0 Å². The van der Waals surface area contributed by atoms with Crippen molar-refractivity contribution in [3.63, 3.8) is 0 Å². The normalized spacial score (nSPS) is 37.1. The highest BCUT2D eigenvalue weighted by Crippen LogP contribution is 2.20. The van der Waals surface area contributed by atoms with Crippen molar-refractivity contribution in [3.05, 3.63) is 0 Å². The van der Waals surface area contributed by atoms with Gasteiger partial charge in [0, 0.05) is 10.7 Å². The van der Waals surface area contributed by atoms with E-state index in [1.54, 1.807) is 0 Å². The molecular weight excluding hydrogens is 202 g/mol. The molecule has 0 bridgehead atoms. The Morgan fingerprint density at radius 1 is 1.50 bits per heavy atom. The predicted octanol–water partition coefficient (Wildman–Crippen LogP) is 0.626. The number of rotatable bonds is 2. The molecule has 1 saturated heterocycles. The lowest BCUT2D eigenvalue weighted by atomic mass is 10.1. The Labute approximate surface area is 76.8 Å². The van der Waals surface area contributed by atoms with Crippen molar-refractivity contribution in [2.24, 2.45) is 0 Å². The van der Waals surface area contributed by atoms with Crippen LogP contribution in [-0.2, 0) is 14.0 Å². The molecule has 72 valence electrons. The topological polar surface area (TPSA) is 55.4 Å². The molecule has 1 fully saturated rings. The number of ether oxygens (including phenoxy) is 1. The first-order valence-corrected chi connectivity index (χ1v) is 6.07. The van der Waals surface area contributed by atoms with Gasteiger partial charge in [0.25, 0.3) is 9.24 Å². The minimum atomic E-state index is -3.62. The van der Waals surface area contributed by atoms with Gasteiger partial charge in [-0.1, -0.05) is 0 Å². The van der Waals surface area contributed by atoms with E-state index in [2.05, 4.69) is 4.72 Å². The lowest BCUT2D eigenvalue weighted by molar-refractivity contribution is 0.0625. The van der Waals surface area contributed by atoms with Crippen molar-refractivity contribution in [3.8, 4) is 0 Å². The van der Waals surface area contributed by atoms with Crippen LogP contribution in [0.5, 0.6) is 0 Å². The standard InChI is InChI=1S/C6H12ClNO3S/c1-4-3-6(5(2)11-4)8-12(7,9)10/h4-6,8H,3H2,1-2H3. The largest absolute Gasteiger partial charge is 0.374 e. The Bertz CT molecular complexity index is 254. The molecule has 0 amide bonds. The summed E-state index contributed by atoms with van der Waals surface area (Å²) in [6.07, 6.45) is 0.664. The molecule has 1 aliphatic rings. The number of halogens is 1. The average molecular weight is 214 g/mol. The summed E-state index contributed by atoms with van der Waals surface area (Å²) in [5.74, 6) is 0. The van der Waals surface area contributed by atoms with Gasteiger partial charge in [0.2, 0.25) is 0 Å². The lowest BCUT2D eigenvalue weighted by Gasteiger charge is -2.12. The second-order valence-electron chi connectivity index (χ2n) is 3.05. The van der Waals surface area contributed by atoms with Crippen LogP contribution in [0.4, 0.5) is 0 Å². The summed E-state index contributed by atoms with van der Waals surface area (Å²) in [5, 5.41) is 0. The minimum Gasteiger partial charge on any atom is -0.374 e. The van der Waals surface area contributed by atoms with Crippen molar-refractivity contribution in [2.45, 2.75) is 38.5 Å². The zero-order chi connectivity index (χ0) is 9.35. The molecule has 3 atom stereocenters. The van der Waals surface area contributed by atoms with E-state index < -0.39 is 9.24 Å². The van der Waals surface area contributed by atoms with Gasteiger partial charge < -0.3 is 4.74 Å². The van der Waals surface area contributed by atoms with Crippen LogP contribution in [0.1, 0.15) is 20.3 Å². The Morgan fingerprint density at radius 2 is 2.08 bits per heavy atom. The molecule has 1 N–H and O–H groups in total. The molecule has 4 nitrogen and oxygen atoms in total.